The van der Waals surface area contributed by atoms with Crippen molar-refractivity contribution in [1.82, 2.24) is 14.8 Å². The van der Waals surface area contributed by atoms with Crippen molar-refractivity contribution < 1.29 is 28.2 Å². The molecule has 0 aliphatic carbocycles. The van der Waals surface area contributed by atoms with Crippen LogP contribution in [0.4, 0.5) is 10.1 Å². The van der Waals surface area contributed by atoms with Crippen LogP contribution in [0.25, 0.3) is 0 Å². The van der Waals surface area contributed by atoms with Crippen LogP contribution in [0.5, 0.6) is 5.75 Å². The number of carbonyl (C=O) groups is 3. The second-order valence-corrected chi connectivity index (χ2v) is 7.88. The maximum Gasteiger partial charge on any atom is 0.306 e. The molecule has 1 aromatic heterocycles. The van der Waals surface area contributed by atoms with Crippen LogP contribution >= 0.6 is 0 Å². The molecule has 2 heterocycles. The lowest BCUT2D eigenvalue weighted by Crippen LogP contribution is -2.25. The fourth-order valence-corrected chi connectivity index (χ4v) is 3.42. The first-order valence-electron chi connectivity index (χ1n) is 11.4. The number of anilines is 1. The van der Waals surface area contributed by atoms with E-state index in [-0.39, 0.29) is 30.1 Å². The van der Waals surface area contributed by atoms with Gasteiger partial charge < -0.3 is 20.1 Å². The zero-order valence-electron chi connectivity index (χ0n) is 20.1. The summed E-state index contributed by atoms with van der Waals surface area (Å²) < 4.78 is 25.1. The number of nitrogens with zero attached hydrogens (tertiary/aromatic N) is 4. The second kappa shape index (κ2) is 12.4. The summed E-state index contributed by atoms with van der Waals surface area (Å²) in [4.78, 5) is 39.2. The number of fused-ring (bicyclic) bond motifs is 1. The number of primary amides is 1. The van der Waals surface area contributed by atoms with Crippen LogP contribution in [-0.2, 0) is 27.3 Å². The molecule has 2 amide bonds. The van der Waals surface area contributed by atoms with E-state index in [9.17, 15) is 18.8 Å². The van der Waals surface area contributed by atoms with Gasteiger partial charge in [-0.05, 0) is 37.1 Å². The Morgan fingerprint density at radius 1 is 1.22 bits per heavy atom. The number of nitrogens with two attached hydrogens (primary N) is 1. The van der Waals surface area contributed by atoms with Crippen molar-refractivity contribution in [1.29, 1.82) is 0 Å². The molecule has 2 aromatic carbocycles. The molecule has 0 fully saturated rings. The molecule has 4 rings (SSSR count). The number of hydrogen-bond acceptors (Lipinski definition) is 7. The monoisotopic (exact) mass is 497 g/mol. The zero-order valence-corrected chi connectivity index (χ0v) is 20.1. The van der Waals surface area contributed by atoms with Gasteiger partial charge in [0.25, 0.3) is 5.91 Å². The van der Waals surface area contributed by atoms with Crippen LogP contribution in [0, 0.1) is 5.82 Å². The maximum atomic E-state index is 13.3. The first-order valence-corrected chi connectivity index (χ1v) is 11.4. The molecule has 1 aliphatic heterocycles. The molecule has 0 spiro atoms. The minimum atomic E-state index is -0.702. The van der Waals surface area contributed by atoms with E-state index in [1.807, 2.05) is 18.2 Å². The molecule has 190 valence electrons. The molecule has 0 saturated carbocycles. The molecular weight excluding hydrogens is 469 g/mol. The Balaban J connectivity index is 0.000000205. The molecule has 2 N–H and O–H groups in total. The molecule has 0 saturated heterocycles. The van der Waals surface area contributed by atoms with Gasteiger partial charge in [-0.2, -0.15) is 0 Å². The fraction of sp³-hybridized carbons (Fsp3) is 0.320. The van der Waals surface area contributed by atoms with Gasteiger partial charge in [0.2, 0.25) is 11.7 Å². The zero-order chi connectivity index (χ0) is 26.1. The van der Waals surface area contributed by atoms with Gasteiger partial charge in [-0.15, -0.1) is 5.10 Å². The topological polar surface area (TPSA) is 130 Å². The third-order valence-corrected chi connectivity index (χ3v) is 5.30. The molecule has 0 unspecified atom stereocenters. The minimum Gasteiger partial charge on any atom is -0.491 e. The number of aryl methyl sites for hydroxylation is 1. The lowest BCUT2D eigenvalue weighted by Gasteiger charge is -2.17. The van der Waals surface area contributed by atoms with Crippen molar-refractivity contribution >= 4 is 23.5 Å². The first kappa shape index (κ1) is 26.3. The van der Waals surface area contributed by atoms with Gasteiger partial charge in [-0.3, -0.25) is 14.4 Å². The first-order chi connectivity index (χ1) is 17.3. The van der Waals surface area contributed by atoms with E-state index in [4.69, 9.17) is 15.2 Å². The van der Waals surface area contributed by atoms with E-state index < -0.39 is 5.91 Å². The molecule has 36 heavy (non-hydrogen) atoms. The van der Waals surface area contributed by atoms with Crippen molar-refractivity contribution in [2.45, 2.75) is 32.7 Å². The average Bonchev–Trinajstić information content (AvgIpc) is 3.28. The van der Waals surface area contributed by atoms with Crippen LogP contribution < -0.4 is 15.4 Å². The second-order valence-electron chi connectivity index (χ2n) is 7.88. The van der Waals surface area contributed by atoms with Gasteiger partial charge >= 0.3 is 5.97 Å². The number of amides is 2. The number of esters is 1. The number of carbonyl (C=O) groups excluding carboxylic acids is 3. The van der Waals surface area contributed by atoms with Gasteiger partial charge in [-0.25, -0.2) is 14.1 Å². The molecule has 11 heteroatoms. The Morgan fingerprint density at radius 3 is 2.69 bits per heavy atom. The van der Waals surface area contributed by atoms with Crippen LogP contribution in [0.1, 0.15) is 41.5 Å². The molecule has 10 nitrogen and oxygen atoms in total. The maximum absolute atomic E-state index is 13.3. The van der Waals surface area contributed by atoms with Crippen LogP contribution in [0.2, 0.25) is 0 Å². The van der Waals surface area contributed by atoms with E-state index in [1.165, 1.54) is 17.1 Å². The van der Waals surface area contributed by atoms with E-state index in [0.717, 1.165) is 11.3 Å². The number of rotatable bonds is 7. The molecule has 3 aromatic rings. The van der Waals surface area contributed by atoms with Crippen molar-refractivity contribution in [2.24, 2.45) is 5.73 Å². The van der Waals surface area contributed by atoms with Gasteiger partial charge in [0.1, 0.15) is 17.9 Å². The number of ether oxygens (including phenoxy) is 2. The predicted molar refractivity (Wildman–Crippen MR) is 129 cm³/mol. The van der Waals surface area contributed by atoms with E-state index in [2.05, 4.69) is 10.1 Å². The molecule has 0 radical (unpaired) electrons. The standard InChI is InChI=1S/C15H19NO4.C10H9FN4O/c1-3-19-15(18)7-5-11-4-6-13-12(10-11)16(2)14(17)8-9-20-13;11-8-4-2-1-3-7(8)5-15-6-13-10(14-15)9(12)16/h4,6,10H,3,5,7-9H2,1-2H3;1-4,6H,5H2,(H2,12,16). The predicted octanol–water partition coefficient (Wildman–Crippen LogP) is 2.49. The Kier molecular flexibility index (Phi) is 9.09. The Labute approximate surface area is 207 Å². The largest absolute Gasteiger partial charge is 0.491 e. The van der Waals surface area contributed by atoms with Gasteiger partial charge in [0, 0.05) is 19.0 Å². The lowest BCUT2D eigenvalue weighted by atomic mass is 10.1. The van der Waals surface area contributed by atoms with Crippen molar-refractivity contribution in [2.75, 3.05) is 25.2 Å². The van der Waals surface area contributed by atoms with Crippen molar-refractivity contribution in [3.63, 3.8) is 0 Å². The molecule has 1 aliphatic rings. The van der Waals surface area contributed by atoms with Crippen LogP contribution in [-0.4, -0.2) is 52.8 Å². The highest BCUT2D eigenvalue weighted by Gasteiger charge is 2.20. The van der Waals surface area contributed by atoms with E-state index in [0.29, 0.717) is 43.8 Å². The van der Waals surface area contributed by atoms with Gasteiger partial charge in [0.15, 0.2) is 0 Å². The number of aromatic nitrogens is 3. The molecule has 0 atom stereocenters. The summed E-state index contributed by atoms with van der Waals surface area (Å²) in [5, 5.41) is 3.81. The lowest BCUT2D eigenvalue weighted by molar-refractivity contribution is -0.143. The highest BCUT2D eigenvalue weighted by Crippen LogP contribution is 2.31. The third kappa shape index (κ3) is 7.11. The molecule has 0 bridgehead atoms. The summed E-state index contributed by atoms with van der Waals surface area (Å²) >= 11 is 0. The summed E-state index contributed by atoms with van der Waals surface area (Å²) in [6.45, 7) is 2.80. The summed E-state index contributed by atoms with van der Waals surface area (Å²) in [6, 6.07) is 12.0. The van der Waals surface area contributed by atoms with Crippen LogP contribution in [0.3, 0.4) is 0 Å². The summed E-state index contributed by atoms with van der Waals surface area (Å²) in [5.41, 5.74) is 7.22. The highest BCUT2D eigenvalue weighted by atomic mass is 19.1. The van der Waals surface area contributed by atoms with Crippen molar-refractivity contribution in [3.8, 4) is 5.75 Å². The quantitative estimate of drug-likeness (QED) is 0.497. The molecular formula is C25H28FN5O5. The minimum absolute atomic E-state index is 0.0336. The van der Waals surface area contributed by atoms with E-state index >= 15 is 0 Å². The van der Waals surface area contributed by atoms with Gasteiger partial charge in [-0.1, -0.05) is 24.3 Å². The smallest absolute Gasteiger partial charge is 0.306 e. The average molecular weight is 498 g/mol. The van der Waals surface area contributed by atoms with Crippen molar-refractivity contribution in [3.05, 3.63) is 71.6 Å². The Bertz CT molecular complexity index is 1230. The number of halogens is 1. The number of hydrogen-bond donors (Lipinski definition) is 1. The SMILES string of the molecule is CCOC(=O)CCc1ccc2c(c1)N(C)C(=O)CCO2.NC(=O)c1ncn(Cc2ccccc2F)n1. The fourth-order valence-electron chi connectivity index (χ4n) is 3.42. The Morgan fingerprint density at radius 2 is 2.00 bits per heavy atom. The number of benzene rings is 2. The summed E-state index contributed by atoms with van der Waals surface area (Å²) in [7, 11) is 1.74. The summed E-state index contributed by atoms with van der Waals surface area (Å²) in [6.07, 6.45) is 2.65. The van der Waals surface area contributed by atoms with E-state index in [1.54, 1.807) is 37.1 Å². The highest BCUT2D eigenvalue weighted by molar-refractivity contribution is 5.95. The third-order valence-electron chi connectivity index (χ3n) is 5.30. The van der Waals surface area contributed by atoms with Crippen LogP contribution in [0.15, 0.2) is 48.8 Å². The summed E-state index contributed by atoms with van der Waals surface area (Å²) in [5.74, 6) is -0.560. The normalized spacial score (nSPS) is 12.5. The van der Waals surface area contributed by atoms with Gasteiger partial charge in [0.05, 0.1) is 31.9 Å². The Hall–Kier alpha value is -4.28.